The van der Waals surface area contributed by atoms with Crippen LogP contribution in [0.1, 0.15) is 30.6 Å². The SMILES string of the molecule is O=C(NCCNC(=O)C1CCCC1)NCc1cccs1. The van der Waals surface area contributed by atoms with Crippen LogP contribution in [0.4, 0.5) is 4.79 Å². The molecule has 1 saturated carbocycles. The Morgan fingerprint density at radius 1 is 1.15 bits per heavy atom. The zero-order valence-electron chi connectivity index (χ0n) is 11.5. The third-order valence-corrected chi connectivity index (χ3v) is 4.32. The first kappa shape index (κ1) is 14.8. The van der Waals surface area contributed by atoms with E-state index in [4.69, 9.17) is 0 Å². The van der Waals surface area contributed by atoms with E-state index in [1.807, 2.05) is 17.5 Å². The van der Waals surface area contributed by atoms with Crippen molar-refractivity contribution in [3.63, 3.8) is 0 Å². The maximum absolute atomic E-state index is 11.7. The normalized spacial score (nSPS) is 15.0. The summed E-state index contributed by atoms with van der Waals surface area (Å²) >= 11 is 1.61. The van der Waals surface area contributed by atoms with Crippen molar-refractivity contribution in [2.24, 2.45) is 5.92 Å². The van der Waals surface area contributed by atoms with Crippen LogP contribution in [-0.2, 0) is 11.3 Å². The standard InChI is InChI=1S/C14H21N3O2S/c18-13(11-4-1-2-5-11)15-7-8-16-14(19)17-10-12-6-3-9-20-12/h3,6,9,11H,1-2,4-5,7-8,10H2,(H,15,18)(H2,16,17,19). The molecule has 3 amide bonds. The van der Waals surface area contributed by atoms with Gasteiger partial charge in [-0.05, 0) is 24.3 Å². The first-order valence-electron chi connectivity index (χ1n) is 7.07. The number of thiophene rings is 1. The minimum atomic E-state index is -0.200. The van der Waals surface area contributed by atoms with E-state index in [9.17, 15) is 9.59 Å². The Morgan fingerprint density at radius 2 is 1.90 bits per heavy atom. The third-order valence-electron chi connectivity index (χ3n) is 3.44. The zero-order chi connectivity index (χ0) is 14.2. The Kier molecular flexibility index (Phi) is 5.86. The summed E-state index contributed by atoms with van der Waals surface area (Å²) in [6.07, 6.45) is 4.31. The second-order valence-corrected chi connectivity index (χ2v) is 5.99. The molecular weight excluding hydrogens is 274 g/mol. The van der Waals surface area contributed by atoms with Crippen molar-refractivity contribution in [3.8, 4) is 0 Å². The molecule has 0 bridgehead atoms. The van der Waals surface area contributed by atoms with Gasteiger partial charge in [-0.15, -0.1) is 11.3 Å². The van der Waals surface area contributed by atoms with Gasteiger partial charge in [-0.1, -0.05) is 18.9 Å². The van der Waals surface area contributed by atoms with Crippen molar-refractivity contribution < 1.29 is 9.59 Å². The highest BCUT2D eigenvalue weighted by Crippen LogP contribution is 2.24. The Bertz CT molecular complexity index is 428. The van der Waals surface area contributed by atoms with E-state index < -0.39 is 0 Å². The molecule has 5 nitrogen and oxygen atoms in total. The van der Waals surface area contributed by atoms with Gasteiger partial charge in [-0.25, -0.2) is 4.79 Å². The molecular formula is C14H21N3O2S. The largest absolute Gasteiger partial charge is 0.354 e. The average Bonchev–Trinajstić information content (AvgIpc) is 3.13. The number of nitrogens with one attached hydrogen (secondary N) is 3. The molecule has 0 spiro atoms. The molecule has 1 aliphatic carbocycles. The fourth-order valence-electron chi connectivity index (χ4n) is 2.34. The summed E-state index contributed by atoms with van der Waals surface area (Å²) in [6, 6.07) is 3.73. The lowest BCUT2D eigenvalue weighted by molar-refractivity contribution is -0.124. The van der Waals surface area contributed by atoms with Crippen LogP contribution in [-0.4, -0.2) is 25.0 Å². The van der Waals surface area contributed by atoms with Gasteiger partial charge in [-0.2, -0.15) is 0 Å². The van der Waals surface area contributed by atoms with Crippen LogP contribution in [0.3, 0.4) is 0 Å². The van der Waals surface area contributed by atoms with Gasteiger partial charge in [-0.3, -0.25) is 4.79 Å². The first-order chi connectivity index (χ1) is 9.75. The average molecular weight is 295 g/mol. The van der Waals surface area contributed by atoms with Gasteiger partial charge < -0.3 is 16.0 Å². The minimum Gasteiger partial charge on any atom is -0.354 e. The van der Waals surface area contributed by atoms with Crippen LogP contribution in [0.15, 0.2) is 17.5 Å². The lowest BCUT2D eigenvalue weighted by Crippen LogP contribution is -2.40. The molecule has 0 atom stereocenters. The summed E-state index contributed by atoms with van der Waals surface area (Å²) in [7, 11) is 0. The molecule has 6 heteroatoms. The van der Waals surface area contributed by atoms with E-state index in [2.05, 4.69) is 16.0 Å². The van der Waals surface area contributed by atoms with Gasteiger partial charge in [0.15, 0.2) is 0 Å². The van der Waals surface area contributed by atoms with E-state index in [1.54, 1.807) is 11.3 Å². The minimum absolute atomic E-state index is 0.128. The van der Waals surface area contributed by atoms with Gasteiger partial charge in [0.2, 0.25) is 5.91 Å². The molecule has 0 aromatic carbocycles. The number of hydrogen-bond acceptors (Lipinski definition) is 3. The lowest BCUT2D eigenvalue weighted by Gasteiger charge is -2.11. The van der Waals surface area contributed by atoms with Crippen LogP contribution >= 0.6 is 11.3 Å². The monoisotopic (exact) mass is 295 g/mol. The molecule has 0 unspecified atom stereocenters. The Morgan fingerprint density at radius 3 is 2.60 bits per heavy atom. The van der Waals surface area contributed by atoms with E-state index in [-0.39, 0.29) is 17.9 Å². The van der Waals surface area contributed by atoms with Crippen LogP contribution in [0.5, 0.6) is 0 Å². The van der Waals surface area contributed by atoms with Crippen molar-refractivity contribution in [2.45, 2.75) is 32.2 Å². The number of rotatable bonds is 6. The van der Waals surface area contributed by atoms with Gasteiger partial charge in [0.25, 0.3) is 0 Å². The molecule has 110 valence electrons. The van der Waals surface area contributed by atoms with Crippen LogP contribution in [0.25, 0.3) is 0 Å². The van der Waals surface area contributed by atoms with Crippen molar-refractivity contribution in [2.75, 3.05) is 13.1 Å². The molecule has 1 aromatic heterocycles. The van der Waals surface area contributed by atoms with Crippen molar-refractivity contribution in [1.29, 1.82) is 0 Å². The van der Waals surface area contributed by atoms with Gasteiger partial charge in [0, 0.05) is 23.9 Å². The topological polar surface area (TPSA) is 70.2 Å². The fourth-order valence-corrected chi connectivity index (χ4v) is 2.98. The van der Waals surface area contributed by atoms with Crippen LogP contribution in [0, 0.1) is 5.92 Å². The Balaban J connectivity index is 1.51. The number of carbonyl (C=O) groups excluding carboxylic acids is 2. The summed E-state index contributed by atoms with van der Waals surface area (Å²) in [4.78, 5) is 24.4. The van der Waals surface area contributed by atoms with Crippen molar-refractivity contribution in [3.05, 3.63) is 22.4 Å². The quantitative estimate of drug-likeness (QED) is 0.701. The molecule has 2 rings (SSSR count). The molecule has 1 aliphatic rings. The third kappa shape index (κ3) is 4.85. The maximum Gasteiger partial charge on any atom is 0.315 e. The fraction of sp³-hybridized carbons (Fsp3) is 0.571. The van der Waals surface area contributed by atoms with E-state index in [0.717, 1.165) is 30.6 Å². The van der Waals surface area contributed by atoms with E-state index in [0.29, 0.717) is 19.6 Å². The predicted molar refractivity (Wildman–Crippen MR) is 79.5 cm³/mol. The second kappa shape index (κ2) is 7.89. The number of carbonyl (C=O) groups is 2. The summed E-state index contributed by atoms with van der Waals surface area (Å²) in [5.74, 6) is 0.311. The summed E-state index contributed by atoms with van der Waals surface area (Å²) in [6.45, 7) is 1.48. The Labute approximate surface area is 123 Å². The summed E-state index contributed by atoms with van der Waals surface area (Å²) < 4.78 is 0. The van der Waals surface area contributed by atoms with Gasteiger partial charge >= 0.3 is 6.03 Å². The van der Waals surface area contributed by atoms with Crippen molar-refractivity contribution >= 4 is 23.3 Å². The molecule has 0 aliphatic heterocycles. The molecule has 0 radical (unpaired) electrons. The lowest BCUT2D eigenvalue weighted by atomic mass is 10.1. The highest BCUT2D eigenvalue weighted by molar-refractivity contribution is 7.09. The highest BCUT2D eigenvalue weighted by Gasteiger charge is 2.21. The summed E-state index contributed by atoms with van der Waals surface area (Å²) in [5.41, 5.74) is 0. The molecule has 1 aromatic rings. The number of hydrogen-bond donors (Lipinski definition) is 3. The van der Waals surface area contributed by atoms with Crippen molar-refractivity contribution in [1.82, 2.24) is 16.0 Å². The molecule has 1 heterocycles. The number of urea groups is 1. The first-order valence-corrected chi connectivity index (χ1v) is 7.95. The predicted octanol–water partition coefficient (Wildman–Crippen LogP) is 1.85. The second-order valence-electron chi connectivity index (χ2n) is 4.96. The van der Waals surface area contributed by atoms with Crippen LogP contribution in [0.2, 0.25) is 0 Å². The number of amides is 3. The highest BCUT2D eigenvalue weighted by atomic mass is 32.1. The van der Waals surface area contributed by atoms with E-state index in [1.165, 1.54) is 0 Å². The molecule has 3 N–H and O–H groups in total. The van der Waals surface area contributed by atoms with Gasteiger partial charge in [0.1, 0.15) is 0 Å². The Hall–Kier alpha value is -1.56. The summed E-state index contributed by atoms with van der Waals surface area (Å²) in [5, 5.41) is 10.4. The zero-order valence-corrected chi connectivity index (χ0v) is 12.3. The van der Waals surface area contributed by atoms with Gasteiger partial charge in [0.05, 0.1) is 6.54 Å². The van der Waals surface area contributed by atoms with Crippen LogP contribution < -0.4 is 16.0 Å². The van der Waals surface area contributed by atoms with E-state index >= 15 is 0 Å². The molecule has 20 heavy (non-hydrogen) atoms. The maximum atomic E-state index is 11.7. The smallest absolute Gasteiger partial charge is 0.315 e. The molecule has 0 saturated heterocycles. The molecule has 1 fully saturated rings.